The third-order valence-corrected chi connectivity index (χ3v) is 4.48. The zero-order valence-corrected chi connectivity index (χ0v) is 13.9. The fourth-order valence-corrected chi connectivity index (χ4v) is 2.85. The van der Waals surface area contributed by atoms with E-state index in [-0.39, 0.29) is 0 Å². The van der Waals surface area contributed by atoms with Crippen LogP contribution in [0.15, 0.2) is 28.7 Å². The fraction of sp³-hybridized carbons (Fsp3) is 0.625. The molecule has 4 heteroatoms. The van der Waals surface area contributed by atoms with Crippen LogP contribution in [-0.4, -0.2) is 44.2 Å². The fourth-order valence-electron chi connectivity index (χ4n) is 2.58. The molecule has 2 rings (SSSR count). The molecule has 1 aliphatic rings. The van der Waals surface area contributed by atoms with E-state index in [2.05, 4.69) is 33.1 Å². The SMILES string of the molecule is CCN1CCC(CNCCOc2ccc(Br)cc2)CC1. The molecule has 0 amide bonds. The van der Waals surface area contributed by atoms with Crippen molar-refractivity contribution in [3.63, 3.8) is 0 Å². The van der Waals surface area contributed by atoms with Gasteiger partial charge in [0.1, 0.15) is 12.4 Å². The Kier molecular flexibility index (Phi) is 6.83. The van der Waals surface area contributed by atoms with Gasteiger partial charge in [-0.15, -0.1) is 0 Å². The van der Waals surface area contributed by atoms with E-state index in [4.69, 9.17) is 4.74 Å². The van der Waals surface area contributed by atoms with Crippen molar-refractivity contribution in [2.75, 3.05) is 39.3 Å². The van der Waals surface area contributed by atoms with Gasteiger partial charge in [0.2, 0.25) is 0 Å². The van der Waals surface area contributed by atoms with Gasteiger partial charge in [-0.1, -0.05) is 22.9 Å². The quantitative estimate of drug-likeness (QED) is 0.771. The van der Waals surface area contributed by atoms with Crippen molar-refractivity contribution in [2.24, 2.45) is 5.92 Å². The molecule has 1 aromatic carbocycles. The standard InChI is InChI=1S/C16H25BrN2O/c1-2-19-10-7-14(8-11-19)13-18-9-12-20-16-5-3-15(17)4-6-16/h3-6,14,18H,2,7-13H2,1H3. The first kappa shape index (κ1) is 15.8. The zero-order chi connectivity index (χ0) is 14.2. The van der Waals surface area contributed by atoms with Gasteiger partial charge in [-0.3, -0.25) is 0 Å². The molecular formula is C16H25BrN2O. The van der Waals surface area contributed by atoms with Gasteiger partial charge < -0.3 is 15.0 Å². The molecule has 1 saturated heterocycles. The first-order valence-electron chi connectivity index (χ1n) is 7.59. The van der Waals surface area contributed by atoms with Crippen LogP contribution in [0.2, 0.25) is 0 Å². The highest BCUT2D eigenvalue weighted by Gasteiger charge is 2.17. The number of hydrogen-bond donors (Lipinski definition) is 1. The number of benzene rings is 1. The number of rotatable bonds is 7. The Morgan fingerprint density at radius 3 is 2.60 bits per heavy atom. The number of piperidine rings is 1. The highest BCUT2D eigenvalue weighted by atomic mass is 79.9. The van der Waals surface area contributed by atoms with Gasteiger partial charge in [0.05, 0.1) is 0 Å². The highest BCUT2D eigenvalue weighted by molar-refractivity contribution is 9.10. The molecule has 1 fully saturated rings. The summed E-state index contributed by atoms with van der Waals surface area (Å²) in [6, 6.07) is 7.99. The van der Waals surface area contributed by atoms with Gasteiger partial charge in [0.15, 0.2) is 0 Å². The third-order valence-electron chi connectivity index (χ3n) is 3.95. The molecule has 1 heterocycles. The summed E-state index contributed by atoms with van der Waals surface area (Å²) < 4.78 is 6.78. The second kappa shape index (κ2) is 8.65. The zero-order valence-electron chi connectivity index (χ0n) is 12.3. The van der Waals surface area contributed by atoms with Crippen molar-refractivity contribution in [1.82, 2.24) is 10.2 Å². The summed E-state index contributed by atoms with van der Waals surface area (Å²) in [6.45, 7) is 8.75. The van der Waals surface area contributed by atoms with Crippen molar-refractivity contribution in [3.05, 3.63) is 28.7 Å². The van der Waals surface area contributed by atoms with E-state index in [1.165, 1.54) is 32.5 Å². The smallest absolute Gasteiger partial charge is 0.119 e. The number of nitrogens with one attached hydrogen (secondary N) is 1. The molecule has 1 aliphatic heterocycles. The molecule has 0 bridgehead atoms. The van der Waals surface area contributed by atoms with E-state index in [0.29, 0.717) is 0 Å². The minimum Gasteiger partial charge on any atom is -0.492 e. The average molecular weight is 341 g/mol. The van der Waals surface area contributed by atoms with Gasteiger partial charge in [0, 0.05) is 11.0 Å². The lowest BCUT2D eigenvalue weighted by atomic mass is 9.97. The van der Waals surface area contributed by atoms with E-state index in [1.807, 2.05) is 24.3 Å². The Morgan fingerprint density at radius 1 is 1.25 bits per heavy atom. The van der Waals surface area contributed by atoms with E-state index < -0.39 is 0 Å². The largest absolute Gasteiger partial charge is 0.492 e. The van der Waals surface area contributed by atoms with Gasteiger partial charge in [-0.2, -0.15) is 0 Å². The maximum absolute atomic E-state index is 5.69. The lowest BCUT2D eigenvalue weighted by Crippen LogP contribution is -2.37. The highest BCUT2D eigenvalue weighted by Crippen LogP contribution is 2.16. The summed E-state index contributed by atoms with van der Waals surface area (Å²) in [5.74, 6) is 1.77. The monoisotopic (exact) mass is 340 g/mol. The minimum atomic E-state index is 0.732. The van der Waals surface area contributed by atoms with Crippen molar-refractivity contribution < 1.29 is 4.74 Å². The van der Waals surface area contributed by atoms with Crippen molar-refractivity contribution in [3.8, 4) is 5.75 Å². The van der Waals surface area contributed by atoms with Crippen LogP contribution in [0, 0.1) is 5.92 Å². The number of hydrogen-bond acceptors (Lipinski definition) is 3. The van der Waals surface area contributed by atoms with E-state index in [1.54, 1.807) is 0 Å². The van der Waals surface area contributed by atoms with Gasteiger partial charge in [-0.05, 0) is 69.2 Å². The second-order valence-electron chi connectivity index (χ2n) is 5.38. The van der Waals surface area contributed by atoms with Crippen molar-refractivity contribution in [2.45, 2.75) is 19.8 Å². The van der Waals surface area contributed by atoms with Crippen molar-refractivity contribution >= 4 is 15.9 Å². The molecule has 0 unspecified atom stereocenters. The first-order chi connectivity index (χ1) is 9.78. The summed E-state index contributed by atoms with van der Waals surface area (Å²) >= 11 is 3.42. The van der Waals surface area contributed by atoms with Crippen molar-refractivity contribution in [1.29, 1.82) is 0 Å². The van der Waals surface area contributed by atoms with Crippen LogP contribution < -0.4 is 10.1 Å². The Hall–Kier alpha value is -0.580. The summed E-state index contributed by atoms with van der Waals surface area (Å²) in [5.41, 5.74) is 0. The minimum absolute atomic E-state index is 0.732. The molecule has 0 atom stereocenters. The molecule has 3 nitrogen and oxygen atoms in total. The number of nitrogens with zero attached hydrogens (tertiary/aromatic N) is 1. The van der Waals surface area contributed by atoms with Crippen LogP contribution >= 0.6 is 15.9 Å². The first-order valence-corrected chi connectivity index (χ1v) is 8.38. The molecule has 1 aromatic rings. The van der Waals surface area contributed by atoms with Gasteiger partial charge in [0.25, 0.3) is 0 Å². The Balaban J connectivity index is 1.52. The molecule has 20 heavy (non-hydrogen) atoms. The lowest BCUT2D eigenvalue weighted by molar-refractivity contribution is 0.188. The molecule has 0 spiro atoms. The summed E-state index contributed by atoms with van der Waals surface area (Å²) in [5, 5.41) is 3.52. The number of ether oxygens (including phenoxy) is 1. The molecule has 112 valence electrons. The molecule has 0 saturated carbocycles. The van der Waals surface area contributed by atoms with E-state index in [0.717, 1.165) is 35.8 Å². The normalized spacial score (nSPS) is 17.3. The van der Waals surface area contributed by atoms with Gasteiger partial charge in [-0.25, -0.2) is 0 Å². The summed E-state index contributed by atoms with van der Waals surface area (Å²) in [7, 11) is 0. The van der Waals surface area contributed by atoms with Gasteiger partial charge >= 0.3 is 0 Å². The predicted molar refractivity (Wildman–Crippen MR) is 87.3 cm³/mol. The van der Waals surface area contributed by atoms with Crippen LogP contribution in [0.25, 0.3) is 0 Å². The predicted octanol–water partition coefficient (Wildman–Crippen LogP) is 3.15. The second-order valence-corrected chi connectivity index (χ2v) is 6.30. The van der Waals surface area contributed by atoms with Crippen LogP contribution in [0.5, 0.6) is 5.75 Å². The summed E-state index contributed by atoms with van der Waals surface area (Å²) in [6.07, 6.45) is 2.66. The maximum Gasteiger partial charge on any atom is 0.119 e. The third kappa shape index (κ3) is 5.43. The topological polar surface area (TPSA) is 24.5 Å². The molecule has 1 N–H and O–H groups in total. The van der Waals surface area contributed by atoms with E-state index in [9.17, 15) is 0 Å². The Morgan fingerprint density at radius 2 is 1.95 bits per heavy atom. The number of likely N-dealkylation sites (tertiary alicyclic amines) is 1. The van der Waals surface area contributed by atoms with Crippen LogP contribution in [0.4, 0.5) is 0 Å². The lowest BCUT2D eigenvalue weighted by Gasteiger charge is -2.31. The number of halogens is 1. The summed E-state index contributed by atoms with van der Waals surface area (Å²) in [4.78, 5) is 2.53. The Bertz CT molecular complexity index is 375. The molecular weight excluding hydrogens is 316 g/mol. The van der Waals surface area contributed by atoms with E-state index >= 15 is 0 Å². The van der Waals surface area contributed by atoms with Crippen LogP contribution in [-0.2, 0) is 0 Å². The van der Waals surface area contributed by atoms with Crippen LogP contribution in [0.3, 0.4) is 0 Å². The average Bonchev–Trinajstić information content (AvgIpc) is 2.49. The Labute approximate surface area is 130 Å². The van der Waals surface area contributed by atoms with Crippen LogP contribution in [0.1, 0.15) is 19.8 Å². The molecule has 0 aliphatic carbocycles. The maximum atomic E-state index is 5.69. The molecule has 0 aromatic heterocycles. The molecule has 0 radical (unpaired) electrons.